The number of aliphatic hydroxyl groups excluding tert-OH is 1. The van der Waals surface area contributed by atoms with Gasteiger partial charge in [0.25, 0.3) is 0 Å². The van der Waals surface area contributed by atoms with Crippen molar-refractivity contribution < 1.29 is 14.6 Å². The van der Waals surface area contributed by atoms with Gasteiger partial charge < -0.3 is 20.5 Å². The number of hydrogen-bond donors (Lipinski definition) is 3. The summed E-state index contributed by atoms with van der Waals surface area (Å²) >= 11 is 0. The third-order valence-electron chi connectivity index (χ3n) is 2.94. The second kappa shape index (κ2) is 9.34. The molecule has 5 nitrogen and oxygen atoms in total. The average Bonchev–Trinajstić information content (AvgIpc) is 2.44. The fourth-order valence-corrected chi connectivity index (χ4v) is 1.81. The van der Waals surface area contributed by atoms with Gasteiger partial charge in [0.2, 0.25) is 0 Å². The van der Waals surface area contributed by atoms with Gasteiger partial charge in [-0.3, -0.25) is 0 Å². The maximum Gasteiger partial charge on any atom is 0.315 e. The van der Waals surface area contributed by atoms with Crippen LogP contribution in [0.4, 0.5) is 4.79 Å². The molecule has 2 atom stereocenters. The molecule has 1 rings (SSSR count). The predicted molar refractivity (Wildman–Crippen MR) is 78.6 cm³/mol. The van der Waals surface area contributed by atoms with Crippen molar-refractivity contribution in [1.29, 1.82) is 0 Å². The molecule has 0 fully saturated rings. The van der Waals surface area contributed by atoms with Crippen LogP contribution in [0, 0.1) is 0 Å². The van der Waals surface area contributed by atoms with Gasteiger partial charge >= 0.3 is 6.03 Å². The van der Waals surface area contributed by atoms with Crippen LogP contribution in [0.1, 0.15) is 18.9 Å². The van der Waals surface area contributed by atoms with Crippen molar-refractivity contribution in [2.24, 2.45) is 0 Å². The highest BCUT2D eigenvalue weighted by Gasteiger charge is 2.10. The molecule has 0 radical (unpaired) electrons. The Kier molecular flexibility index (Phi) is 7.69. The lowest BCUT2D eigenvalue weighted by atomic mass is 10.1. The first kappa shape index (κ1) is 16.5. The fourth-order valence-electron chi connectivity index (χ4n) is 1.81. The van der Waals surface area contributed by atoms with Gasteiger partial charge in [-0.05, 0) is 18.9 Å². The zero-order valence-electron chi connectivity index (χ0n) is 12.1. The van der Waals surface area contributed by atoms with E-state index in [1.807, 2.05) is 37.3 Å². The Morgan fingerprint density at radius 2 is 2.05 bits per heavy atom. The van der Waals surface area contributed by atoms with Crippen LogP contribution in [-0.2, 0) is 11.2 Å². The number of urea groups is 1. The number of hydrogen-bond acceptors (Lipinski definition) is 3. The Morgan fingerprint density at radius 1 is 1.35 bits per heavy atom. The van der Waals surface area contributed by atoms with Gasteiger partial charge in [0.15, 0.2) is 0 Å². The summed E-state index contributed by atoms with van der Waals surface area (Å²) in [6.07, 6.45) is 0.703. The van der Waals surface area contributed by atoms with E-state index in [2.05, 4.69) is 10.6 Å². The summed E-state index contributed by atoms with van der Waals surface area (Å²) in [4.78, 5) is 11.6. The van der Waals surface area contributed by atoms with E-state index in [1.165, 1.54) is 0 Å². The first-order valence-corrected chi connectivity index (χ1v) is 6.87. The van der Waals surface area contributed by atoms with Crippen LogP contribution in [-0.4, -0.2) is 43.5 Å². The molecule has 112 valence electrons. The lowest BCUT2D eigenvalue weighted by Gasteiger charge is -2.16. The molecular formula is C15H24N2O3. The summed E-state index contributed by atoms with van der Waals surface area (Å²) in [5.74, 6) is 0. The summed E-state index contributed by atoms with van der Waals surface area (Å²) < 4.78 is 4.95. The third kappa shape index (κ3) is 7.11. The minimum Gasteiger partial charge on any atom is -0.391 e. The number of carbonyl (C=O) groups is 1. The van der Waals surface area contributed by atoms with Crippen molar-refractivity contribution in [1.82, 2.24) is 10.6 Å². The monoisotopic (exact) mass is 280 g/mol. The molecule has 3 N–H and O–H groups in total. The average molecular weight is 280 g/mol. The van der Waals surface area contributed by atoms with Crippen LogP contribution in [0.2, 0.25) is 0 Å². The van der Waals surface area contributed by atoms with E-state index in [9.17, 15) is 9.90 Å². The number of methoxy groups -OCH3 is 1. The zero-order valence-corrected chi connectivity index (χ0v) is 12.1. The van der Waals surface area contributed by atoms with Crippen LogP contribution in [0.15, 0.2) is 30.3 Å². The van der Waals surface area contributed by atoms with E-state index in [-0.39, 0.29) is 18.6 Å². The van der Waals surface area contributed by atoms with Gasteiger partial charge in [0.05, 0.1) is 6.10 Å². The lowest BCUT2D eigenvalue weighted by Crippen LogP contribution is -2.44. The third-order valence-corrected chi connectivity index (χ3v) is 2.94. The molecule has 0 aliphatic heterocycles. The summed E-state index contributed by atoms with van der Waals surface area (Å²) in [7, 11) is 1.63. The molecule has 1 aromatic carbocycles. The first-order chi connectivity index (χ1) is 9.61. The Hall–Kier alpha value is -1.59. The molecule has 1 aromatic rings. The van der Waals surface area contributed by atoms with Gasteiger partial charge in [-0.15, -0.1) is 0 Å². The Bertz CT molecular complexity index is 384. The standard InChI is InChI=1S/C15H24N2O3/c1-12(8-9-20-2)17-15(19)16-11-14(18)10-13-6-4-3-5-7-13/h3-7,12,14,18H,8-11H2,1-2H3,(H2,16,17,19). The Balaban J connectivity index is 2.20. The molecule has 2 unspecified atom stereocenters. The van der Waals surface area contributed by atoms with Crippen molar-refractivity contribution in [3.8, 4) is 0 Å². The van der Waals surface area contributed by atoms with Gasteiger partial charge in [-0.1, -0.05) is 30.3 Å². The van der Waals surface area contributed by atoms with Crippen molar-refractivity contribution in [2.45, 2.75) is 31.9 Å². The van der Waals surface area contributed by atoms with Crippen LogP contribution >= 0.6 is 0 Å². The maximum absolute atomic E-state index is 11.6. The molecule has 0 aromatic heterocycles. The van der Waals surface area contributed by atoms with Gasteiger partial charge in [-0.25, -0.2) is 4.79 Å². The van der Waals surface area contributed by atoms with E-state index >= 15 is 0 Å². The highest BCUT2D eigenvalue weighted by atomic mass is 16.5. The second-order valence-electron chi connectivity index (χ2n) is 4.88. The molecule has 0 aliphatic rings. The normalized spacial score (nSPS) is 13.6. The minimum absolute atomic E-state index is 0.0428. The number of carbonyl (C=O) groups excluding carboxylic acids is 1. The summed E-state index contributed by atoms with van der Waals surface area (Å²) in [5.41, 5.74) is 1.05. The molecular weight excluding hydrogens is 256 g/mol. The van der Waals surface area contributed by atoms with Crippen molar-refractivity contribution in [3.05, 3.63) is 35.9 Å². The fraction of sp³-hybridized carbons (Fsp3) is 0.533. The molecule has 0 saturated carbocycles. The zero-order chi connectivity index (χ0) is 14.8. The van der Waals surface area contributed by atoms with E-state index in [1.54, 1.807) is 7.11 Å². The quantitative estimate of drug-likeness (QED) is 0.672. The van der Waals surface area contributed by atoms with E-state index < -0.39 is 6.10 Å². The van der Waals surface area contributed by atoms with Crippen molar-refractivity contribution in [2.75, 3.05) is 20.3 Å². The molecule has 0 spiro atoms. The van der Waals surface area contributed by atoms with Gasteiger partial charge in [-0.2, -0.15) is 0 Å². The van der Waals surface area contributed by atoms with Gasteiger partial charge in [0, 0.05) is 32.7 Å². The smallest absolute Gasteiger partial charge is 0.315 e. The molecule has 0 saturated heterocycles. The number of aliphatic hydroxyl groups is 1. The Labute approximate surface area is 120 Å². The number of benzene rings is 1. The van der Waals surface area contributed by atoms with Crippen LogP contribution in [0.5, 0.6) is 0 Å². The number of ether oxygens (including phenoxy) is 1. The number of rotatable bonds is 8. The lowest BCUT2D eigenvalue weighted by molar-refractivity contribution is 0.167. The second-order valence-corrected chi connectivity index (χ2v) is 4.88. The van der Waals surface area contributed by atoms with Gasteiger partial charge in [0.1, 0.15) is 0 Å². The molecule has 0 heterocycles. The van der Waals surface area contributed by atoms with Crippen LogP contribution < -0.4 is 10.6 Å². The molecule has 20 heavy (non-hydrogen) atoms. The SMILES string of the molecule is COCCC(C)NC(=O)NCC(O)Cc1ccccc1. The topological polar surface area (TPSA) is 70.6 Å². The highest BCUT2D eigenvalue weighted by Crippen LogP contribution is 2.02. The summed E-state index contributed by atoms with van der Waals surface area (Å²) in [6, 6.07) is 9.48. The summed E-state index contributed by atoms with van der Waals surface area (Å²) in [5, 5.41) is 15.3. The highest BCUT2D eigenvalue weighted by molar-refractivity contribution is 5.74. The predicted octanol–water partition coefficient (Wildman–Crippen LogP) is 1.31. The van der Waals surface area contributed by atoms with Crippen molar-refractivity contribution >= 4 is 6.03 Å². The van der Waals surface area contributed by atoms with Crippen molar-refractivity contribution in [3.63, 3.8) is 0 Å². The Morgan fingerprint density at radius 3 is 2.70 bits per heavy atom. The maximum atomic E-state index is 11.6. The van der Waals surface area contributed by atoms with Crippen LogP contribution in [0.3, 0.4) is 0 Å². The van der Waals surface area contributed by atoms with E-state index in [4.69, 9.17) is 4.74 Å². The molecule has 0 aliphatic carbocycles. The first-order valence-electron chi connectivity index (χ1n) is 6.87. The molecule has 5 heteroatoms. The van der Waals surface area contributed by atoms with E-state index in [0.29, 0.717) is 13.0 Å². The number of nitrogens with one attached hydrogen (secondary N) is 2. The minimum atomic E-state index is -0.586. The summed E-state index contributed by atoms with van der Waals surface area (Å²) in [6.45, 7) is 2.76. The largest absolute Gasteiger partial charge is 0.391 e. The molecule has 0 bridgehead atoms. The van der Waals surface area contributed by atoms with E-state index in [0.717, 1.165) is 12.0 Å². The van der Waals surface area contributed by atoms with Crippen LogP contribution in [0.25, 0.3) is 0 Å². The number of amides is 2. The molecule has 2 amide bonds.